The molecule has 0 saturated carbocycles. The van der Waals surface area contributed by atoms with E-state index in [-0.39, 0.29) is 6.61 Å². The molecule has 0 atom stereocenters. The second-order valence-corrected chi connectivity index (χ2v) is 7.15. The Hall–Kier alpha value is -4.01. The Labute approximate surface area is 190 Å². The van der Waals surface area contributed by atoms with Gasteiger partial charge in [0.1, 0.15) is 11.3 Å². The van der Waals surface area contributed by atoms with Crippen LogP contribution in [0.2, 0.25) is 0 Å². The Morgan fingerprint density at radius 1 is 0.970 bits per heavy atom. The lowest BCUT2D eigenvalue weighted by molar-refractivity contribution is -0.150. The van der Waals surface area contributed by atoms with Crippen LogP contribution in [0.5, 0.6) is 17.2 Å². The highest BCUT2D eigenvalue weighted by Crippen LogP contribution is 2.27. The number of carbonyl (C=O) groups is 2. The molecule has 0 bridgehead atoms. The van der Waals surface area contributed by atoms with Gasteiger partial charge in [0.2, 0.25) is 0 Å². The van der Waals surface area contributed by atoms with Gasteiger partial charge in [-0.05, 0) is 48.7 Å². The highest BCUT2D eigenvalue weighted by atomic mass is 16.6. The molecule has 3 rings (SSSR count). The summed E-state index contributed by atoms with van der Waals surface area (Å²) >= 11 is 0. The van der Waals surface area contributed by atoms with Crippen molar-refractivity contribution in [3.8, 4) is 17.2 Å². The molecule has 9 nitrogen and oxygen atoms in total. The van der Waals surface area contributed by atoms with E-state index in [2.05, 4.69) is 5.32 Å². The quantitative estimate of drug-likeness (QED) is 0.366. The molecule has 9 heteroatoms. The van der Waals surface area contributed by atoms with Crippen molar-refractivity contribution in [1.29, 1.82) is 0 Å². The molecule has 3 aromatic rings. The minimum absolute atomic E-state index is 0.340. The van der Waals surface area contributed by atoms with E-state index in [9.17, 15) is 14.4 Å². The average molecular weight is 455 g/mol. The number of hydrogen-bond donors (Lipinski definition) is 1. The molecule has 1 N–H and O–H groups in total. The smallest absolute Gasteiger partial charge is 0.344 e. The first-order chi connectivity index (χ1) is 15.9. The lowest BCUT2D eigenvalue weighted by atomic mass is 10.1. The number of amides is 1. The van der Waals surface area contributed by atoms with Crippen molar-refractivity contribution < 1.29 is 33.0 Å². The first kappa shape index (κ1) is 23.6. The van der Waals surface area contributed by atoms with Crippen molar-refractivity contribution in [3.63, 3.8) is 0 Å². The number of rotatable bonds is 10. The highest BCUT2D eigenvalue weighted by Gasteiger charge is 2.10. The third-order valence-corrected chi connectivity index (χ3v) is 4.83. The molecule has 174 valence electrons. The molecular weight excluding hydrogens is 430 g/mol. The minimum atomic E-state index is -0.698. The van der Waals surface area contributed by atoms with E-state index < -0.39 is 24.1 Å². The fourth-order valence-corrected chi connectivity index (χ4v) is 3.16. The Kier molecular flexibility index (Phi) is 7.91. The summed E-state index contributed by atoms with van der Waals surface area (Å²) in [6.07, 6.45) is 0.570. The second kappa shape index (κ2) is 11.0. The van der Waals surface area contributed by atoms with Crippen LogP contribution in [0.4, 0.5) is 0 Å². The van der Waals surface area contributed by atoms with Crippen LogP contribution in [0.3, 0.4) is 0 Å². The van der Waals surface area contributed by atoms with Crippen LogP contribution < -0.4 is 25.2 Å². The van der Waals surface area contributed by atoms with E-state index in [0.717, 1.165) is 16.5 Å². The summed E-state index contributed by atoms with van der Waals surface area (Å²) in [5, 5.41) is 3.46. The van der Waals surface area contributed by atoms with Gasteiger partial charge in [0.05, 0.1) is 14.2 Å². The number of carbonyl (C=O) groups excluding carboxylic acids is 2. The predicted molar refractivity (Wildman–Crippen MR) is 120 cm³/mol. The molecule has 1 heterocycles. The lowest BCUT2D eigenvalue weighted by Crippen LogP contribution is -2.31. The summed E-state index contributed by atoms with van der Waals surface area (Å²) in [6.45, 7) is 1.36. The number of nitrogens with one attached hydrogen (secondary N) is 1. The first-order valence-corrected chi connectivity index (χ1v) is 10.2. The Balaban J connectivity index is 1.40. The molecule has 0 saturated heterocycles. The normalized spacial score (nSPS) is 10.5. The van der Waals surface area contributed by atoms with E-state index >= 15 is 0 Å². The van der Waals surface area contributed by atoms with Gasteiger partial charge in [0.25, 0.3) is 5.91 Å². The van der Waals surface area contributed by atoms with E-state index in [1.807, 2.05) is 12.1 Å². The first-order valence-electron chi connectivity index (χ1n) is 10.2. The monoisotopic (exact) mass is 455 g/mol. The SMILES string of the molecule is COc1ccc(CCNC(=O)COC(=O)COc2ccc3c(C)cc(=O)oc3c2)cc1OC. The molecule has 0 radical (unpaired) electrons. The maximum Gasteiger partial charge on any atom is 0.344 e. The molecule has 2 aromatic carbocycles. The van der Waals surface area contributed by atoms with Gasteiger partial charge < -0.3 is 28.7 Å². The largest absolute Gasteiger partial charge is 0.493 e. The Morgan fingerprint density at radius 3 is 2.52 bits per heavy atom. The van der Waals surface area contributed by atoms with Gasteiger partial charge in [-0.25, -0.2) is 9.59 Å². The fourth-order valence-electron chi connectivity index (χ4n) is 3.16. The maximum atomic E-state index is 11.9. The summed E-state index contributed by atoms with van der Waals surface area (Å²) in [6, 6.07) is 11.8. The van der Waals surface area contributed by atoms with Crippen molar-refractivity contribution in [2.45, 2.75) is 13.3 Å². The zero-order valence-electron chi connectivity index (χ0n) is 18.6. The summed E-state index contributed by atoms with van der Waals surface area (Å²) in [5.41, 5.74) is 1.64. The molecule has 0 aliphatic rings. The maximum absolute atomic E-state index is 11.9. The van der Waals surface area contributed by atoms with Crippen molar-refractivity contribution in [2.24, 2.45) is 0 Å². The van der Waals surface area contributed by atoms with Crippen LogP contribution in [0.15, 0.2) is 51.7 Å². The van der Waals surface area contributed by atoms with Gasteiger partial charge >= 0.3 is 11.6 Å². The predicted octanol–water partition coefficient (Wildman–Crippen LogP) is 2.40. The summed E-state index contributed by atoms with van der Waals surface area (Å²) in [7, 11) is 3.12. The van der Waals surface area contributed by atoms with E-state index in [0.29, 0.717) is 35.8 Å². The van der Waals surface area contributed by atoms with Crippen LogP contribution in [0, 0.1) is 6.92 Å². The Morgan fingerprint density at radius 2 is 1.76 bits per heavy atom. The van der Waals surface area contributed by atoms with Gasteiger partial charge in [-0.15, -0.1) is 0 Å². The van der Waals surface area contributed by atoms with Gasteiger partial charge in [-0.3, -0.25) is 4.79 Å². The second-order valence-electron chi connectivity index (χ2n) is 7.15. The third kappa shape index (κ3) is 6.49. The molecule has 0 fully saturated rings. The number of hydrogen-bond acceptors (Lipinski definition) is 8. The van der Waals surface area contributed by atoms with Crippen LogP contribution in [-0.2, 0) is 20.7 Å². The third-order valence-electron chi connectivity index (χ3n) is 4.83. The molecule has 0 aliphatic heterocycles. The topological polar surface area (TPSA) is 113 Å². The number of ether oxygens (including phenoxy) is 4. The van der Waals surface area contributed by atoms with E-state index in [4.69, 9.17) is 23.4 Å². The van der Waals surface area contributed by atoms with Crippen molar-refractivity contribution in [2.75, 3.05) is 34.0 Å². The molecule has 0 unspecified atom stereocenters. The molecule has 1 amide bonds. The van der Waals surface area contributed by atoms with Crippen molar-refractivity contribution in [1.82, 2.24) is 5.32 Å². The summed E-state index contributed by atoms with van der Waals surface area (Å²) in [4.78, 5) is 35.3. The molecule has 1 aromatic heterocycles. The van der Waals surface area contributed by atoms with Crippen molar-refractivity contribution in [3.05, 3.63) is 64.0 Å². The van der Waals surface area contributed by atoms with Gasteiger partial charge in [0.15, 0.2) is 24.7 Å². The molecule has 33 heavy (non-hydrogen) atoms. The number of esters is 1. The van der Waals surface area contributed by atoms with E-state index in [1.54, 1.807) is 39.3 Å². The van der Waals surface area contributed by atoms with Crippen LogP contribution in [0.1, 0.15) is 11.1 Å². The van der Waals surface area contributed by atoms with Gasteiger partial charge in [0, 0.05) is 24.1 Å². The van der Waals surface area contributed by atoms with Crippen molar-refractivity contribution >= 4 is 22.8 Å². The van der Waals surface area contributed by atoms with Crippen LogP contribution in [-0.4, -0.2) is 45.9 Å². The average Bonchev–Trinajstić information content (AvgIpc) is 2.80. The zero-order valence-corrected chi connectivity index (χ0v) is 18.6. The number of methoxy groups -OCH3 is 2. The number of aryl methyl sites for hydroxylation is 1. The number of benzene rings is 2. The zero-order chi connectivity index (χ0) is 23.8. The minimum Gasteiger partial charge on any atom is -0.493 e. The standard InChI is InChI=1S/C24H25NO8/c1-15-10-23(27)33-20-12-17(5-6-18(15)20)31-14-24(28)32-13-22(26)25-9-8-16-4-7-19(29-2)21(11-16)30-3/h4-7,10-12H,8-9,13-14H2,1-3H3,(H,25,26). The molecule has 0 aliphatic carbocycles. The Bertz CT molecular complexity index is 1200. The van der Waals surface area contributed by atoms with Gasteiger partial charge in [-0.1, -0.05) is 6.07 Å². The van der Waals surface area contributed by atoms with E-state index in [1.165, 1.54) is 12.1 Å². The van der Waals surface area contributed by atoms with Crippen LogP contribution in [0.25, 0.3) is 11.0 Å². The summed E-state index contributed by atoms with van der Waals surface area (Å²) in [5.74, 6) is 0.455. The summed E-state index contributed by atoms with van der Waals surface area (Å²) < 4.78 is 25.9. The molecular formula is C24H25NO8. The van der Waals surface area contributed by atoms with Crippen LogP contribution >= 0.6 is 0 Å². The van der Waals surface area contributed by atoms with Gasteiger partial charge in [-0.2, -0.15) is 0 Å². The lowest BCUT2D eigenvalue weighted by Gasteiger charge is -2.10. The fraction of sp³-hybridized carbons (Fsp3) is 0.292. The number of fused-ring (bicyclic) bond motifs is 1. The highest BCUT2D eigenvalue weighted by molar-refractivity contribution is 5.82. The molecule has 0 spiro atoms.